The zero-order valence-electron chi connectivity index (χ0n) is 11.0. The molecule has 1 saturated carbocycles. The molecule has 0 spiro atoms. The van der Waals surface area contributed by atoms with Gasteiger partial charge in [0.2, 0.25) is 0 Å². The fourth-order valence-corrected chi connectivity index (χ4v) is 0.827. The van der Waals surface area contributed by atoms with Gasteiger partial charge in [-0.2, -0.15) is 0 Å². The van der Waals surface area contributed by atoms with Gasteiger partial charge < -0.3 is 4.74 Å². The van der Waals surface area contributed by atoms with Crippen LogP contribution >= 0.6 is 0 Å². The maximum atomic E-state index is 7.63. The number of rotatable bonds is 3. The van der Waals surface area contributed by atoms with Crippen molar-refractivity contribution in [2.45, 2.75) is 25.4 Å². The van der Waals surface area contributed by atoms with E-state index < -0.39 is 18.8 Å². The highest BCUT2D eigenvalue weighted by atomic mass is 16.5. The number of ether oxygens (including phenoxy) is 1. The molecular weight excluding hydrogens is 136 g/mol. The lowest BCUT2D eigenvalue weighted by molar-refractivity contribution is 0.106. The van der Waals surface area contributed by atoms with Crippen LogP contribution in [0.2, 0.25) is 0 Å². The average molecular weight is 153 g/mol. The first-order valence-corrected chi connectivity index (χ1v) is 3.51. The predicted octanol–water partition coefficient (Wildman–Crippen LogP) is 2.37. The maximum absolute atomic E-state index is 7.63. The second-order valence-electron chi connectivity index (χ2n) is 2.35. The van der Waals surface area contributed by atoms with Crippen LogP contribution in [0.4, 0.5) is 0 Å². The van der Waals surface area contributed by atoms with Crippen molar-refractivity contribution in [1.29, 1.82) is 0 Å². The minimum absolute atomic E-state index is 0.0450. The second kappa shape index (κ2) is 3.05. The molecule has 1 nitrogen and oxygen atoms in total. The summed E-state index contributed by atoms with van der Waals surface area (Å²) in [5.41, 5.74) is 0.799. The Hall–Kier alpha value is -0.820. The van der Waals surface area contributed by atoms with Crippen LogP contribution in [0, 0.1) is 0 Å². The molecule has 0 heterocycles. The normalized spacial score (nSPS) is 35.5. The monoisotopic (exact) mass is 153 g/mol. The van der Waals surface area contributed by atoms with Crippen LogP contribution in [-0.4, -0.2) is 6.08 Å². The minimum atomic E-state index is -2.24. The van der Waals surface area contributed by atoms with E-state index in [9.17, 15) is 0 Å². The molecule has 1 aliphatic carbocycles. The van der Waals surface area contributed by atoms with Gasteiger partial charge in [0.1, 0.15) is 0 Å². The quantitative estimate of drug-likeness (QED) is 0.647. The van der Waals surface area contributed by atoms with Crippen molar-refractivity contribution in [3.8, 4) is 0 Å². The Labute approximate surface area is 74.0 Å². The molecule has 1 aliphatic rings. The summed E-state index contributed by atoms with van der Waals surface area (Å²) in [6, 6.07) is 9.04. The van der Waals surface area contributed by atoms with Crippen molar-refractivity contribution in [2.24, 2.45) is 0 Å². The van der Waals surface area contributed by atoms with Crippen LogP contribution in [0.5, 0.6) is 0 Å². The highest BCUT2D eigenvalue weighted by molar-refractivity contribution is 5.13. The molecule has 11 heavy (non-hydrogen) atoms. The van der Waals surface area contributed by atoms with Gasteiger partial charge in [-0.15, -0.1) is 0 Å². The van der Waals surface area contributed by atoms with E-state index in [0.717, 1.165) is 5.56 Å². The van der Waals surface area contributed by atoms with E-state index in [1.807, 2.05) is 18.2 Å². The van der Waals surface area contributed by atoms with Crippen LogP contribution in [-0.2, 0) is 11.3 Å². The maximum Gasteiger partial charge on any atom is 0.0720 e. The molecule has 1 aromatic carbocycles. The first kappa shape index (κ1) is 3.28. The predicted molar refractivity (Wildman–Crippen MR) is 44.3 cm³/mol. The van der Waals surface area contributed by atoms with Crippen LogP contribution in [0.1, 0.15) is 25.2 Å². The summed E-state index contributed by atoms with van der Waals surface area (Å²) in [5, 5.41) is 0. The third kappa shape index (κ3) is 2.05. The fraction of sp³-hybridized carbons (Fsp3) is 0.400. The van der Waals surface area contributed by atoms with E-state index in [4.69, 9.17) is 11.6 Å². The number of benzene rings is 1. The zero-order chi connectivity index (χ0) is 12.0. The molecule has 0 saturated heterocycles. The van der Waals surface area contributed by atoms with Crippen molar-refractivity contribution < 1.29 is 11.6 Å². The van der Waals surface area contributed by atoms with E-state index in [2.05, 4.69) is 0 Å². The van der Waals surface area contributed by atoms with E-state index in [-0.39, 0.29) is 6.61 Å². The molecule has 0 aromatic heterocycles. The van der Waals surface area contributed by atoms with Crippen molar-refractivity contribution in [2.75, 3.05) is 0 Å². The molecule has 1 fully saturated rings. The van der Waals surface area contributed by atoms with Crippen molar-refractivity contribution in [3.05, 3.63) is 35.9 Å². The summed E-state index contributed by atoms with van der Waals surface area (Å²) in [5.74, 6) is 0. The third-order valence-corrected chi connectivity index (χ3v) is 1.45. The van der Waals surface area contributed by atoms with E-state index in [1.165, 1.54) is 0 Å². The Bertz CT molecular complexity index is 375. The molecule has 2 rings (SSSR count). The van der Waals surface area contributed by atoms with Crippen molar-refractivity contribution >= 4 is 0 Å². The van der Waals surface area contributed by atoms with Crippen molar-refractivity contribution in [3.63, 3.8) is 0 Å². The molecule has 0 radical (unpaired) electrons. The third-order valence-electron chi connectivity index (χ3n) is 1.45. The highest BCUT2D eigenvalue weighted by Gasteiger charge is 2.21. The molecule has 1 aromatic rings. The zero-order valence-corrected chi connectivity index (χ0v) is 6.00. The van der Waals surface area contributed by atoms with E-state index in [0.29, 0.717) is 0 Å². The lowest BCUT2D eigenvalue weighted by atomic mass is 10.2. The van der Waals surface area contributed by atoms with E-state index in [1.54, 1.807) is 12.1 Å². The van der Waals surface area contributed by atoms with Crippen LogP contribution in [0.15, 0.2) is 30.3 Å². The smallest absolute Gasteiger partial charge is 0.0720 e. The van der Waals surface area contributed by atoms with Gasteiger partial charge in [-0.3, -0.25) is 0 Å². The second-order valence-corrected chi connectivity index (χ2v) is 2.35. The summed E-state index contributed by atoms with van der Waals surface area (Å²) in [4.78, 5) is 0. The summed E-state index contributed by atoms with van der Waals surface area (Å²) < 4.78 is 42.1. The Morgan fingerprint density at radius 1 is 1.45 bits per heavy atom. The molecular formula is C10H12O. The standard InChI is InChI=1S/C10H12O/c1-2-4-9(5-3-1)8-11-10-6-7-10/h1-5,10H,6-8H2/i6D2,7D2,10D. The summed E-state index contributed by atoms with van der Waals surface area (Å²) in [7, 11) is 0. The molecule has 0 atom stereocenters. The summed E-state index contributed by atoms with van der Waals surface area (Å²) in [6.07, 6.45) is -6.57. The Balaban J connectivity index is 2.03. The van der Waals surface area contributed by atoms with Gasteiger partial charge in [-0.25, -0.2) is 0 Å². The molecule has 0 unspecified atom stereocenters. The first-order chi connectivity index (χ1) is 7.33. The van der Waals surface area contributed by atoms with Gasteiger partial charge in [0.15, 0.2) is 0 Å². The SMILES string of the molecule is [2H]C1([2H])C([2H])([2H])C1([2H])OCc1ccccc1. The minimum Gasteiger partial charge on any atom is -0.374 e. The number of hydrogen-bond acceptors (Lipinski definition) is 1. The topological polar surface area (TPSA) is 9.23 Å². The molecule has 0 N–H and O–H groups in total. The van der Waals surface area contributed by atoms with Gasteiger partial charge in [-0.1, -0.05) is 30.3 Å². The summed E-state index contributed by atoms with van der Waals surface area (Å²) in [6.45, 7) is 0.0450. The van der Waals surface area contributed by atoms with Gasteiger partial charge in [0.05, 0.1) is 14.1 Å². The van der Waals surface area contributed by atoms with Gasteiger partial charge in [0.25, 0.3) is 0 Å². The molecule has 0 amide bonds. The lowest BCUT2D eigenvalue weighted by Gasteiger charge is -2.00. The molecule has 1 heteroatoms. The highest BCUT2D eigenvalue weighted by Crippen LogP contribution is 2.24. The molecule has 0 bridgehead atoms. The lowest BCUT2D eigenvalue weighted by Crippen LogP contribution is -1.93. The van der Waals surface area contributed by atoms with Gasteiger partial charge >= 0.3 is 0 Å². The van der Waals surface area contributed by atoms with Crippen LogP contribution in [0.3, 0.4) is 0 Å². The van der Waals surface area contributed by atoms with E-state index >= 15 is 0 Å². The van der Waals surface area contributed by atoms with Crippen LogP contribution < -0.4 is 0 Å². The van der Waals surface area contributed by atoms with Gasteiger partial charge in [-0.05, 0) is 18.3 Å². The van der Waals surface area contributed by atoms with Crippen LogP contribution in [0.25, 0.3) is 0 Å². The Kier molecular flexibility index (Phi) is 0.910. The Morgan fingerprint density at radius 2 is 2.18 bits per heavy atom. The van der Waals surface area contributed by atoms with Crippen molar-refractivity contribution in [1.82, 2.24) is 0 Å². The summed E-state index contributed by atoms with van der Waals surface area (Å²) >= 11 is 0. The molecule has 0 aliphatic heterocycles. The Morgan fingerprint density at radius 3 is 2.82 bits per heavy atom. The van der Waals surface area contributed by atoms with Gasteiger partial charge in [0, 0.05) is 5.48 Å². The number of hydrogen-bond donors (Lipinski definition) is 0. The first-order valence-electron chi connectivity index (χ1n) is 6.01. The average Bonchev–Trinajstić information content (AvgIpc) is 2.55. The largest absolute Gasteiger partial charge is 0.374 e. The molecule has 58 valence electrons. The fourth-order valence-electron chi connectivity index (χ4n) is 0.827.